The number of hydrogen-bond donors (Lipinski definition) is 0. The molecule has 0 fully saturated rings. The van der Waals surface area contributed by atoms with Crippen LogP contribution in [-0.4, -0.2) is 17.8 Å². The van der Waals surface area contributed by atoms with Gasteiger partial charge in [0.2, 0.25) is 0 Å². The number of hydrogen-bond acceptors (Lipinski definition) is 0. The van der Waals surface area contributed by atoms with Crippen LogP contribution in [0.15, 0.2) is 0 Å². The minimum Gasteiger partial charge on any atom is -0.194 e. The molecule has 0 radical (unpaired) electrons. The molecule has 0 heterocycles. The van der Waals surface area contributed by atoms with E-state index < -0.39 is 86.7 Å². The van der Waals surface area contributed by atoms with Crippen LogP contribution >= 0.6 is 0 Å². The Hall–Kier alpha value is -2.04. The van der Waals surface area contributed by atoms with Gasteiger partial charge in [-0.25, -0.2) is 0 Å². The molecular formula is C15F18. The van der Waals surface area contributed by atoms with E-state index in [0.29, 0.717) is 0 Å². The molecule has 0 spiro atoms. The summed E-state index contributed by atoms with van der Waals surface area (Å²) < 4.78 is 252. The van der Waals surface area contributed by atoms with Gasteiger partial charge < -0.3 is 0 Å². The predicted octanol–water partition coefficient (Wildman–Crippen LogP) is 7.18. The van der Waals surface area contributed by atoms with Gasteiger partial charge in [-0.1, -0.05) is 0 Å². The zero-order valence-electron chi connectivity index (χ0n) is 14.3. The molecule has 0 aliphatic heterocycles. The molecule has 0 bridgehead atoms. The van der Waals surface area contributed by atoms with Gasteiger partial charge in [0.1, 0.15) is 0 Å². The number of rotatable bonds is 0. The van der Waals surface area contributed by atoms with Crippen LogP contribution in [0.3, 0.4) is 0 Å². The summed E-state index contributed by atoms with van der Waals surface area (Å²) in [5, 5.41) is 0. The molecule has 186 valence electrons. The first-order valence-corrected chi connectivity index (χ1v) is 7.90. The number of halogens is 18. The van der Waals surface area contributed by atoms with Crippen molar-refractivity contribution in [2.24, 2.45) is 0 Å². The molecule has 3 aliphatic rings. The average Bonchev–Trinajstić information content (AvgIpc) is 2.86. The molecule has 33 heavy (non-hydrogen) atoms. The first-order chi connectivity index (χ1) is 14.2. The van der Waals surface area contributed by atoms with Crippen LogP contribution in [0.1, 0.15) is 33.4 Å². The standard InChI is InChI=1S/C15F18/c16-7(17)1-2(8(18,19)13(7,28)29)4-6(12(26,27)15(32,33)11(4,24)25)5-3(1)9(20,21)14(30,31)10(5,22)23. The quantitative estimate of drug-likeness (QED) is 0.317. The van der Waals surface area contributed by atoms with E-state index in [9.17, 15) is 79.0 Å². The second-order valence-electron chi connectivity index (χ2n) is 7.42. The SMILES string of the molecule is FC1(F)c2c3c(c4c(c2C(F)(F)C1(F)F)C(F)(F)C(F)(F)C4(F)F)C(F)(F)C(F)(F)C3(F)F. The maximum Gasteiger partial charge on any atom is 0.380 e. The summed E-state index contributed by atoms with van der Waals surface area (Å²) in [6.07, 6.45) is 0. The first-order valence-electron chi connectivity index (χ1n) is 7.90. The fourth-order valence-electron chi connectivity index (χ4n) is 4.17. The third-order valence-corrected chi connectivity index (χ3v) is 5.75. The summed E-state index contributed by atoms with van der Waals surface area (Å²) in [6, 6.07) is 0. The largest absolute Gasteiger partial charge is 0.380 e. The Morgan fingerprint density at radius 1 is 0.212 bits per heavy atom. The van der Waals surface area contributed by atoms with Crippen LogP contribution in [0, 0.1) is 0 Å². The second-order valence-corrected chi connectivity index (χ2v) is 7.42. The fourth-order valence-corrected chi connectivity index (χ4v) is 4.17. The summed E-state index contributed by atoms with van der Waals surface area (Å²) in [4.78, 5) is 0. The minimum atomic E-state index is -7.16. The molecule has 1 aromatic carbocycles. The third-order valence-electron chi connectivity index (χ3n) is 5.75. The predicted molar refractivity (Wildman–Crippen MR) is 64.6 cm³/mol. The van der Waals surface area contributed by atoms with Gasteiger partial charge in [-0.2, -0.15) is 79.0 Å². The molecule has 0 saturated carbocycles. The molecule has 0 unspecified atom stereocenters. The molecule has 0 saturated heterocycles. The third kappa shape index (κ3) is 1.87. The molecule has 4 rings (SSSR count). The highest BCUT2D eigenvalue weighted by molar-refractivity contribution is 5.69. The summed E-state index contributed by atoms with van der Waals surface area (Å²) in [5.74, 6) is -63.2. The van der Waals surface area contributed by atoms with E-state index in [4.69, 9.17) is 0 Å². The van der Waals surface area contributed by atoms with E-state index in [-0.39, 0.29) is 0 Å². The molecule has 0 nitrogen and oxygen atoms in total. The van der Waals surface area contributed by atoms with Gasteiger partial charge in [0, 0.05) is 33.4 Å². The van der Waals surface area contributed by atoms with Crippen molar-refractivity contribution in [3.8, 4) is 0 Å². The summed E-state index contributed by atoms with van der Waals surface area (Å²) in [5.41, 5.74) is -23.9. The van der Waals surface area contributed by atoms with E-state index in [1.165, 1.54) is 0 Å². The molecule has 0 atom stereocenters. The van der Waals surface area contributed by atoms with Crippen LogP contribution in [-0.2, 0) is 35.5 Å². The Balaban J connectivity index is 2.44. The molecule has 0 aromatic heterocycles. The smallest absolute Gasteiger partial charge is 0.194 e. The Bertz CT molecular complexity index is 868. The molecule has 1 aromatic rings. The van der Waals surface area contributed by atoms with Crippen molar-refractivity contribution in [3.05, 3.63) is 33.4 Å². The maximum atomic E-state index is 14.1. The van der Waals surface area contributed by atoms with E-state index in [2.05, 4.69) is 0 Å². The van der Waals surface area contributed by atoms with Crippen molar-refractivity contribution in [2.45, 2.75) is 53.3 Å². The lowest BCUT2D eigenvalue weighted by molar-refractivity contribution is -0.308. The number of fused-ring (bicyclic) bond motifs is 6. The van der Waals surface area contributed by atoms with E-state index in [0.717, 1.165) is 0 Å². The van der Waals surface area contributed by atoms with Crippen molar-refractivity contribution in [2.75, 3.05) is 0 Å². The fraction of sp³-hybridized carbons (Fsp3) is 0.600. The van der Waals surface area contributed by atoms with E-state index in [1.807, 2.05) is 0 Å². The Morgan fingerprint density at radius 2 is 0.303 bits per heavy atom. The lowest BCUT2D eigenvalue weighted by Gasteiger charge is -2.26. The monoisotopic (exact) mass is 522 g/mol. The van der Waals surface area contributed by atoms with Gasteiger partial charge in [-0.05, 0) is 0 Å². The Kier molecular flexibility index (Phi) is 3.75. The lowest BCUT2D eigenvalue weighted by atomic mass is 9.86. The second kappa shape index (κ2) is 5.13. The van der Waals surface area contributed by atoms with E-state index >= 15 is 0 Å². The summed E-state index contributed by atoms with van der Waals surface area (Å²) in [7, 11) is 0. The minimum absolute atomic E-state index is 3.98. The Labute approximate surface area is 167 Å². The summed E-state index contributed by atoms with van der Waals surface area (Å²) in [6.45, 7) is 0. The summed E-state index contributed by atoms with van der Waals surface area (Å²) >= 11 is 0. The van der Waals surface area contributed by atoms with Gasteiger partial charge >= 0.3 is 53.3 Å². The van der Waals surface area contributed by atoms with Gasteiger partial charge in [0.05, 0.1) is 0 Å². The zero-order chi connectivity index (χ0) is 26.0. The normalized spacial score (nSPS) is 31.1. The molecule has 0 N–H and O–H groups in total. The average molecular weight is 522 g/mol. The topological polar surface area (TPSA) is 0 Å². The molecule has 0 amide bonds. The van der Waals surface area contributed by atoms with Crippen LogP contribution in [0.4, 0.5) is 79.0 Å². The van der Waals surface area contributed by atoms with Crippen LogP contribution in [0.5, 0.6) is 0 Å². The van der Waals surface area contributed by atoms with E-state index in [1.54, 1.807) is 0 Å². The highest BCUT2D eigenvalue weighted by atomic mass is 19.4. The van der Waals surface area contributed by atoms with Crippen molar-refractivity contribution >= 4 is 0 Å². The van der Waals surface area contributed by atoms with Crippen LogP contribution in [0.2, 0.25) is 0 Å². The van der Waals surface area contributed by atoms with Gasteiger partial charge in [0.15, 0.2) is 0 Å². The highest BCUT2D eigenvalue weighted by Crippen LogP contribution is 2.77. The maximum absolute atomic E-state index is 14.1. The number of alkyl halides is 18. The van der Waals surface area contributed by atoms with Crippen molar-refractivity contribution in [3.63, 3.8) is 0 Å². The first kappa shape index (κ1) is 24.1. The molecular weight excluding hydrogens is 522 g/mol. The van der Waals surface area contributed by atoms with Gasteiger partial charge in [-0.15, -0.1) is 0 Å². The van der Waals surface area contributed by atoms with Crippen molar-refractivity contribution in [1.29, 1.82) is 0 Å². The molecule has 3 aliphatic carbocycles. The Morgan fingerprint density at radius 3 is 0.394 bits per heavy atom. The van der Waals surface area contributed by atoms with Crippen LogP contribution < -0.4 is 0 Å². The number of benzene rings is 1. The van der Waals surface area contributed by atoms with Crippen LogP contribution in [0.25, 0.3) is 0 Å². The van der Waals surface area contributed by atoms with Gasteiger partial charge in [-0.3, -0.25) is 0 Å². The van der Waals surface area contributed by atoms with Gasteiger partial charge in [0.25, 0.3) is 0 Å². The molecule has 18 heteroatoms. The van der Waals surface area contributed by atoms with Crippen molar-refractivity contribution < 1.29 is 79.0 Å². The van der Waals surface area contributed by atoms with Crippen molar-refractivity contribution in [1.82, 2.24) is 0 Å². The lowest BCUT2D eigenvalue weighted by Crippen LogP contribution is -2.45. The highest BCUT2D eigenvalue weighted by Gasteiger charge is 2.91. The zero-order valence-corrected chi connectivity index (χ0v) is 14.3.